The molecule has 0 radical (unpaired) electrons. The van der Waals surface area contributed by atoms with Crippen LogP contribution in [0, 0.1) is 0 Å². The predicted molar refractivity (Wildman–Crippen MR) is 68.8 cm³/mol. The van der Waals surface area contributed by atoms with E-state index in [0.29, 0.717) is 5.76 Å². The molecule has 1 aromatic heterocycles. The van der Waals surface area contributed by atoms with E-state index >= 15 is 0 Å². The van der Waals surface area contributed by atoms with Crippen molar-refractivity contribution in [1.29, 1.82) is 0 Å². The van der Waals surface area contributed by atoms with Crippen molar-refractivity contribution in [3.8, 4) is 11.6 Å². The second kappa shape index (κ2) is 4.50. The summed E-state index contributed by atoms with van der Waals surface area (Å²) in [5.74, 6) is 0.288. The zero-order chi connectivity index (χ0) is 13.4. The summed E-state index contributed by atoms with van der Waals surface area (Å²) in [5.41, 5.74) is 2.27. The lowest BCUT2D eigenvalue weighted by Gasteiger charge is -2.24. The summed E-state index contributed by atoms with van der Waals surface area (Å²) < 4.78 is 10.3. The molecule has 0 unspecified atom stereocenters. The van der Waals surface area contributed by atoms with Gasteiger partial charge in [-0.05, 0) is 42.5 Å². The van der Waals surface area contributed by atoms with Gasteiger partial charge in [0.15, 0.2) is 5.76 Å². The lowest BCUT2D eigenvalue weighted by atomic mass is 9.81. The zero-order valence-electron chi connectivity index (χ0n) is 10.6. The monoisotopic (exact) mass is 261 g/mol. The average molecular weight is 261 g/mol. The molecule has 1 aromatic carbocycles. The normalized spacial score (nSPS) is 18.1. The molecule has 0 saturated carbocycles. The van der Waals surface area contributed by atoms with E-state index in [1.54, 1.807) is 7.11 Å². The van der Waals surface area contributed by atoms with Crippen LogP contribution in [0.3, 0.4) is 0 Å². The minimum atomic E-state index is -0.617. The molecule has 5 nitrogen and oxygen atoms in total. The van der Waals surface area contributed by atoms with E-state index in [2.05, 4.69) is 4.98 Å². The first-order valence-electron chi connectivity index (χ1n) is 6.28. The van der Waals surface area contributed by atoms with E-state index < -0.39 is 5.76 Å². The molecule has 3 rings (SSSR count). The first kappa shape index (κ1) is 11.9. The molecule has 0 saturated heterocycles. The van der Waals surface area contributed by atoms with Gasteiger partial charge < -0.3 is 14.3 Å². The number of aryl methyl sites for hydroxylation is 1. The van der Waals surface area contributed by atoms with Crippen LogP contribution in [0.4, 0.5) is 0 Å². The minimum Gasteiger partial charge on any atom is -0.497 e. The molecule has 1 atom stereocenters. The Balaban J connectivity index is 2.07. The highest BCUT2D eigenvalue weighted by Crippen LogP contribution is 2.40. The number of aromatic nitrogens is 1. The van der Waals surface area contributed by atoms with Crippen LogP contribution in [0.25, 0.3) is 0 Å². The maximum Gasteiger partial charge on any atom is 0.419 e. The highest BCUT2D eigenvalue weighted by molar-refractivity contribution is 5.43. The van der Waals surface area contributed by atoms with Crippen LogP contribution in [-0.2, 0) is 6.42 Å². The van der Waals surface area contributed by atoms with Crippen LogP contribution in [-0.4, -0.2) is 17.2 Å². The van der Waals surface area contributed by atoms with Gasteiger partial charge in [0, 0.05) is 5.92 Å². The molecule has 0 bridgehead atoms. The van der Waals surface area contributed by atoms with E-state index in [4.69, 9.17) is 9.15 Å². The minimum absolute atomic E-state index is 0.0754. The van der Waals surface area contributed by atoms with E-state index in [9.17, 15) is 9.90 Å². The van der Waals surface area contributed by atoms with Gasteiger partial charge >= 0.3 is 5.76 Å². The molecule has 1 heterocycles. The number of rotatable bonds is 2. The largest absolute Gasteiger partial charge is 0.497 e. The van der Waals surface area contributed by atoms with Crippen LogP contribution >= 0.6 is 0 Å². The number of hydrogen-bond donors (Lipinski definition) is 2. The second-order valence-corrected chi connectivity index (χ2v) is 4.74. The van der Waals surface area contributed by atoms with Gasteiger partial charge in [-0.25, -0.2) is 4.79 Å². The Morgan fingerprint density at radius 1 is 1.47 bits per heavy atom. The van der Waals surface area contributed by atoms with Gasteiger partial charge in [-0.2, -0.15) is 0 Å². The van der Waals surface area contributed by atoms with Crippen LogP contribution in [0.5, 0.6) is 11.6 Å². The molecule has 2 N–H and O–H groups in total. The SMILES string of the molecule is COc1ccc2c(c1)CCC[C@H]2c1oc(=O)[nH]c1O. The maximum absolute atomic E-state index is 11.2. The molecule has 1 aliphatic rings. The van der Waals surface area contributed by atoms with Gasteiger partial charge in [-0.15, -0.1) is 0 Å². The van der Waals surface area contributed by atoms with Crippen LogP contribution in [0.15, 0.2) is 27.4 Å². The van der Waals surface area contributed by atoms with Gasteiger partial charge in [0.05, 0.1) is 7.11 Å². The quantitative estimate of drug-likeness (QED) is 0.868. The zero-order valence-corrected chi connectivity index (χ0v) is 10.6. The second-order valence-electron chi connectivity index (χ2n) is 4.74. The third-order valence-corrected chi connectivity index (χ3v) is 3.64. The van der Waals surface area contributed by atoms with Crippen LogP contribution in [0.1, 0.15) is 35.6 Å². The predicted octanol–water partition coefficient (Wildman–Crippen LogP) is 2.15. The number of ether oxygens (including phenoxy) is 1. The molecule has 100 valence electrons. The number of benzene rings is 1. The molecule has 0 aliphatic heterocycles. The van der Waals surface area contributed by atoms with E-state index in [1.807, 2.05) is 18.2 Å². The standard InChI is InChI=1S/C14H15NO4/c1-18-9-5-6-10-8(7-9)3-2-4-11(10)12-13(16)15-14(17)19-12/h5-7,11,16H,2-4H2,1H3,(H,15,17)/t11-/m1/s1. The van der Waals surface area contributed by atoms with Gasteiger partial charge in [0.25, 0.3) is 0 Å². The van der Waals surface area contributed by atoms with Crippen molar-refractivity contribution in [3.63, 3.8) is 0 Å². The lowest BCUT2D eigenvalue weighted by Crippen LogP contribution is -2.11. The van der Waals surface area contributed by atoms with Crippen molar-refractivity contribution >= 4 is 0 Å². The van der Waals surface area contributed by atoms with Crippen molar-refractivity contribution < 1.29 is 14.3 Å². The van der Waals surface area contributed by atoms with Crippen molar-refractivity contribution in [1.82, 2.24) is 4.98 Å². The molecule has 19 heavy (non-hydrogen) atoms. The van der Waals surface area contributed by atoms with Crippen LogP contribution < -0.4 is 10.5 Å². The summed E-state index contributed by atoms with van der Waals surface area (Å²) in [4.78, 5) is 13.4. The number of methoxy groups -OCH3 is 1. The summed E-state index contributed by atoms with van der Waals surface area (Å²) in [6.07, 6.45) is 2.81. The summed E-state index contributed by atoms with van der Waals surface area (Å²) in [7, 11) is 1.64. The van der Waals surface area contributed by atoms with Gasteiger partial charge in [0.2, 0.25) is 5.88 Å². The number of fused-ring (bicyclic) bond motifs is 1. The molecular formula is C14H15NO4. The van der Waals surface area contributed by atoms with Crippen LogP contribution in [0.2, 0.25) is 0 Å². The fourth-order valence-corrected chi connectivity index (χ4v) is 2.76. The number of nitrogens with one attached hydrogen (secondary N) is 1. The number of aromatic hydroxyl groups is 1. The summed E-state index contributed by atoms with van der Waals surface area (Å²) in [6.45, 7) is 0. The highest BCUT2D eigenvalue weighted by atomic mass is 16.5. The molecular weight excluding hydrogens is 246 g/mol. The fourth-order valence-electron chi connectivity index (χ4n) is 2.76. The third kappa shape index (κ3) is 2.01. The van der Waals surface area contributed by atoms with Crippen molar-refractivity contribution in [2.75, 3.05) is 7.11 Å². The first-order valence-corrected chi connectivity index (χ1v) is 6.28. The molecule has 0 amide bonds. The fraction of sp³-hybridized carbons (Fsp3) is 0.357. The van der Waals surface area contributed by atoms with E-state index in [-0.39, 0.29) is 11.8 Å². The van der Waals surface area contributed by atoms with Crippen molar-refractivity contribution in [2.24, 2.45) is 0 Å². The van der Waals surface area contributed by atoms with Gasteiger partial charge in [-0.1, -0.05) is 6.07 Å². The lowest BCUT2D eigenvalue weighted by molar-refractivity contribution is 0.392. The third-order valence-electron chi connectivity index (χ3n) is 3.64. The first-order chi connectivity index (χ1) is 9.19. The van der Waals surface area contributed by atoms with E-state index in [1.165, 1.54) is 5.56 Å². The summed E-state index contributed by atoms with van der Waals surface area (Å²) >= 11 is 0. The number of hydrogen-bond acceptors (Lipinski definition) is 4. The van der Waals surface area contributed by atoms with Gasteiger partial charge in [0.1, 0.15) is 5.75 Å². The summed E-state index contributed by atoms with van der Waals surface area (Å²) in [6, 6.07) is 5.87. The Kier molecular flexibility index (Phi) is 2.81. The Labute approximate surface area is 109 Å². The molecule has 5 heteroatoms. The number of H-pyrrole nitrogens is 1. The Morgan fingerprint density at radius 3 is 3.00 bits per heavy atom. The Bertz CT molecular complexity index is 656. The van der Waals surface area contributed by atoms with E-state index in [0.717, 1.165) is 30.6 Å². The van der Waals surface area contributed by atoms with Gasteiger partial charge in [-0.3, -0.25) is 4.98 Å². The Hall–Kier alpha value is -2.17. The number of oxazole rings is 1. The van der Waals surface area contributed by atoms with Crippen molar-refractivity contribution in [2.45, 2.75) is 25.2 Å². The smallest absolute Gasteiger partial charge is 0.419 e. The molecule has 2 aromatic rings. The molecule has 0 fully saturated rings. The average Bonchev–Trinajstić information content (AvgIpc) is 2.76. The molecule has 1 aliphatic carbocycles. The Morgan fingerprint density at radius 2 is 2.32 bits per heavy atom. The highest BCUT2D eigenvalue weighted by Gasteiger charge is 2.28. The number of aromatic amines is 1. The summed E-state index contributed by atoms with van der Waals surface area (Å²) in [5, 5.41) is 9.74. The molecule has 0 spiro atoms. The van der Waals surface area contributed by atoms with Crippen molar-refractivity contribution in [3.05, 3.63) is 45.6 Å². The topological polar surface area (TPSA) is 75.5 Å². The maximum atomic E-state index is 11.2.